The lowest BCUT2D eigenvalue weighted by molar-refractivity contribution is 0.0696. The van der Waals surface area contributed by atoms with E-state index in [1.165, 1.54) is 6.20 Å². The molecule has 0 saturated heterocycles. The fourth-order valence-electron chi connectivity index (χ4n) is 1.83. The zero-order chi connectivity index (χ0) is 16.2. The second kappa shape index (κ2) is 6.84. The molecule has 0 radical (unpaired) electrons. The van der Waals surface area contributed by atoms with E-state index < -0.39 is 14.0 Å². The van der Waals surface area contributed by atoms with Crippen molar-refractivity contribution in [2.45, 2.75) is 32.4 Å². The summed E-state index contributed by atoms with van der Waals surface area (Å²) >= 11 is 0. The van der Waals surface area contributed by atoms with Gasteiger partial charge in [0.2, 0.25) is 0 Å². The summed E-state index contributed by atoms with van der Waals surface area (Å²) in [5.41, 5.74) is 1.72. The van der Waals surface area contributed by atoms with E-state index in [0.717, 1.165) is 23.8 Å². The second-order valence-electron chi connectivity index (χ2n) is 6.38. The van der Waals surface area contributed by atoms with Crippen molar-refractivity contribution in [3.63, 3.8) is 0 Å². The van der Waals surface area contributed by atoms with Gasteiger partial charge in [-0.1, -0.05) is 19.6 Å². The first-order valence-corrected chi connectivity index (χ1v) is 10.8. The lowest BCUT2D eigenvalue weighted by Crippen LogP contribution is -2.22. The molecular weight excluding hydrogens is 298 g/mol. The number of carbonyl (C=O) groups is 1. The summed E-state index contributed by atoms with van der Waals surface area (Å²) in [6.45, 7) is 8.07. The average molecular weight is 319 g/mol. The van der Waals surface area contributed by atoms with Crippen molar-refractivity contribution in [2.75, 3.05) is 6.61 Å². The molecule has 0 spiro atoms. The van der Waals surface area contributed by atoms with Gasteiger partial charge in [-0.25, -0.2) is 9.48 Å². The quantitative estimate of drug-likeness (QED) is 0.627. The van der Waals surface area contributed by atoms with Crippen LogP contribution in [0.1, 0.15) is 10.4 Å². The van der Waals surface area contributed by atoms with Crippen molar-refractivity contribution < 1.29 is 14.6 Å². The maximum absolute atomic E-state index is 11.0. The third-order valence-electron chi connectivity index (χ3n) is 3.17. The molecule has 0 fully saturated rings. The SMILES string of the molecule is C[Si](C)(C)CCOCn1cc(-c2cncc(C(=O)O)c2)cn1. The van der Waals surface area contributed by atoms with Crippen molar-refractivity contribution in [2.24, 2.45) is 0 Å². The molecule has 2 aromatic heterocycles. The van der Waals surface area contributed by atoms with Gasteiger partial charge in [0.15, 0.2) is 0 Å². The number of rotatable bonds is 7. The van der Waals surface area contributed by atoms with Crippen molar-refractivity contribution in [3.8, 4) is 11.1 Å². The fraction of sp³-hybridized carbons (Fsp3) is 0.400. The van der Waals surface area contributed by atoms with Crippen LogP contribution in [0, 0.1) is 0 Å². The standard InChI is InChI=1S/C15H21N3O3Si/c1-22(2,3)5-4-21-11-18-10-14(9-17-18)12-6-13(15(19)20)8-16-7-12/h6-10H,4-5,11H2,1-3H3,(H,19,20). The van der Waals surface area contributed by atoms with Crippen LogP contribution < -0.4 is 0 Å². The van der Waals surface area contributed by atoms with Gasteiger partial charge >= 0.3 is 5.97 Å². The summed E-state index contributed by atoms with van der Waals surface area (Å²) in [4.78, 5) is 14.9. The van der Waals surface area contributed by atoms with Gasteiger partial charge in [0.25, 0.3) is 0 Å². The van der Waals surface area contributed by atoms with Crippen LogP contribution in [0.25, 0.3) is 11.1 Å². The summed E-state index contributed by atoms with van der Waals surface area (Å²) in [6, 6.07) is 2.70. The van der Waals surface area contributed by atoms with Crippen LogP contribution in [-0.4, -0.2) is 40.5 Å². The number of aromatic carboxylic acids is 1. The monoisotopic (exact) mass is 319 g/mol. The van der Waals surface area contributed by atoms with Gasteiger partial charge in [-0.2, -0.15) is 5.10 Å². The van der Waals surface area contributed by atoms with Gasteiger partial charge in [-0.05, 0) is 12.1 Å². The molecule has 2 aromatic rings. The smallest absolute Gasteiger partial charge is 0.337 e. The van der Waals surface area contributed by atoms with E-state index in [0.29, 0.717) is 6.73 Å². The summed E-state index contributed by atoms with van der Waals surface area (Å²) in [5, 5.41) is 13.2. The number of hydrogen-bond donors (Lipinski definition) is 1. The molecule has 1 N–H and O–H groups in total. The van der Waals surface area contributed by atoms with E-state index in [2.05, 4.69) is 29.7 Å². The number of nitrogens with zero attached hydrogens (tertiary/aromatic N) is 3. The van der Waals surface area contributed by atoms with Crippen LogP contribution >= 0.6 is 0 Å². The Labute approximate surface area is 130 Å². The predicted molar refractivity (Wildman–Crippen MR) is 86.5 cm³/mol. The number of carboxylic acid groups (broad SMARTS) is 1. The minimum absolute atomic E-state index is 0.164. The fourth-order valence-corrected chi connectivity index (χ4v) is 2.59. The highest BCUT2D eigenvalue weighted by atomic mass is 28.3. The zero-order valence-electron chi connectivity index (χ0n) is 13.1. The summed E-state index contributed by atoms with van der Waals surface area (Å²) in [7, 11) is -1.08. The normalized spacial score (nSPS) is 11.6. The van der Waals surface area contributed by atoms with Gasteiger partial charge in [0.1, 0.15) is 6.73 Å². The minimum atomic E-state index is -1.08. The van der Waals surface area contributed by atoms with Crippen LogP contribution in [0.5, 0.6) is 0 Å². The third kappa shape index (κ3) is 4.78. The first kappa shape index (κ1) is 16.4. The molecule has 0 aliphatic rings. The Kier molecular flexibility index (Phi) is 5.10. The first-order chi connectivity index (χ1) is 10.3. The molecule has 0 aromatic carbocycles. The van der Waals surface area contributed by atoms with Crippen LogP contribution in [0.2, 0.25) is 25.7 Å². The maximum atomic E-state index is 11.0. The second-order valence-corrected chi connectivity index (χ2v) is 12.0. The number of hydrogen-bond acceptors (Lipinski definition) is 4. The predicted octanol–water partition coefficient (Wildman–Crippen LogP) is 2.96. The molecule has 6 nitrogen and oxygen atoms in total. The first-order valence-electron chi connectivity index (χ1n) is 7.14. The third-order valence-corrected chi connectivity index (χ3v) is 4.88. The maximum Gasteiger partial charge on any atom is 0.337 e. The summed E-state index contributed by atoms with van der Waals surface area (Å²) < 4.78 is 7.33. The zero-order valence-corrected chi connectivity index (χ0v) is 14.1. The van der Waals surface area contributed by atoms with Gasteiger partial charge in [-0.3, -0.25) is 4.98 Å². The largest absolute Gasteiger partial charge is 0.478 e. The van der Waals surface area contributed by atoms with E-state index in [1.807, 2.05) is 6.20 Å². The van der Waals surface area contributed by atoms with E-state index in [4.69, 9.17) is 9.84 Å². The number of ether oxygens (including phenoxy) is 1. The van der Waals surface area contributed by atoms with Crippen molar-refractivity contribution in [1.29, 1.82) is 0 Å². The Bertz CT molecular complexity index is 649. The number of carboxylic acids is 1. The molecule has 0 unspecified atom stereocenters. The van der Waals surface area contributed by atoms with Crippen LogP contribution in [0.15, 0.2) is 30.9 Å². The van der Waals surface area contributed by atoms with Gasteiger partial charge in [0.05, 0.1) is 11.8 Å². The Morgan fingerprint density at radius 1 is 1.27 bits per heavy atom. The van der Waals surface area contributed by atoms with E-state index in [9.17, 15) is 4.79 Å². The minimum Gasteiger partial charge on any atom is -0.478 e. The molecule has 0 aliphatic heterocycles. The molecule has 0 atom stereocenters. The van der Waals surface area contributed by atoms with E-state index >= 15 is 0 Å². The molecule has 22 heavy (non-hydrogen) atoms. The lowest BCUT2D eigenvalue weighted by Gasteiger charge is -2.15. The number of aromatic nitrogens is 3. The lowest BCUT2D eigenvalue weighted by atomic mass is 10.1. The Morgan fingerprint density at radius 2 is 2.05 bits per heavy atom. The van der Waals surface area contributed by atoms with Crippen LogP contribution in [-0.2, 0) is 11.5 Å². The molecule has 0 bridgehead atoms. The van der Waals surface area contributed by atoms with Crippen LogP contribution in [0.4, 0.5) is 0 Å². The molecule has 118 valence electrons. The topological polar surface area (TPSA) is 77.2 Å². The summed E-state index contributed by atoms with van der Waals surface area (Å²) in [6.07, 6.45) is 6.47. The molecule has 7 heteroatoms. The molecular formula is C15H21N3O3Si. The Hall–Kier alpha value is -1.99. The molecule has 2 heterocycles. The van der Waals surface area contributed by atoms with Gasteiger partial charge in [0, 0.05) is 44.4 Å². The summed E-state index contributed by atoms with van der Waals surface area (Å²) in [5.74, 6) is -0.989. The van der Waals surface area contributed by atoms with Crippen molar-refractivity contribution in [3.05, 3.63) is 36.4 Å². The number of pyridine rings is 1. The van der Waals surface area contributed by atoms with E-state index in [1.54, 1.807) is 23.1 Å². The van der Waals surface area contributed by atoms with Gasteiger partial charge < -0.3 is 9.84 Å². The molecule has 0 saturated carbocycles. The highest BCUT2D eigenvalue weighted by molar-refractivity contribution is 6.76. The Morgan fingerprint density at radius 3 is 2.73 bits per heavy atom. The van der Waals surface area contributed by atoms with Gasteiger partial charge in [-0.15, -0.1) is 0 Å². The molecule has 0 aliphatic carbocycles. The molecule has 2 rings (SSSR count). The van der Waals surface area contributed by atoms with Crippen molar-refractivity contribution >= 4 is 14.0 Å². The highest BCUT2D eigenvalue weighted by Gasteiger charge is 2.12. The average Bonchev–Trinajstić information content (AvgIpc) is 2.91. The van der Waals surface area contributed by atoms with E-state index in [-0.39, 0.29) is 5.56 Å². The highest BCUT2D eigenvalue weighted by Crippen LogP contribution is 2.18. The van der Waals surface area contributed by atoms with Crippen LogP contribution in [0.3, 0.4) is 0 Å². The molecule has 0 amide bonds. The Balaban J connectivity index is 1.97. The van der Waals surface area contributed by atoms with Crippen molar-refractivity contribution in [1.82, 2.24) is 14.8 Å².